The summed E-state index contributed by atoms with van der Waals surface area (Å²) in [6, 6.07) is 4.92. The van der Waals surface area contributed by atoms with Gasteiger partial charge < -0.3 is 10.1 Å². The number of ether oxygens (including phenoxy) is 1. The quantitative estimate of drug-likeness (QED) is 0.731. The van der Waals surface area contributed by atoms with Crippen LogP contribution in [0.1, 0.15) is 18.9 Å². The van der Waals surface area contributed by atoms with E-state index in [-0.39, 0.29) is 5.82 Å². The molecule has 1 rings (SSSR count). The number of hydrogen-bond donors (Lipinski definition) is 1. The molecule has 0 aliphatic carbocycles. The number of benzene rings is 1. The minimum absolute atomic E-state index is 0.306. The van der Waals surface area contributed by atoms with E-state index in [9.17, 15) is 4.39 Å². The smallest absolute Gasteiger partial charge is 0.165 e. The molecule has 0 aliphatic rings. The largest absolute Gasteiger partial charge is 0.494 e. The Morgan fingerprint density at radius 1 is 1.43 bits per heavy atom. The zero-order valence-corrected chi connectivity index (χ0v) is 8.64. The molecular weight excluding hydrogens is 181 g/mol. The van der Waals surface area contributed by atoms with Gasteiger partial charge in [0.2, 0.25) is 0 Å². The van der Waals surface area contributed by atoms with Crippen LogP contribution in [0.2, 0.25) is 0 Å². The van der Waals surface area contributed by atoms with E-state index in [1.54, 1.807) is 12.1 Å². The van der Waals surface area contributed by atoms with Crippen molar-refractivity contribution in [3.05, 3.63) is 29.6 Å². The summed E-state index contributed by atoms with van der Waals surface area (Å²) in [6.07, 6.45) is 1.10. The van der Waals surface area contributed by atoms with Crippen LogP contribution in [-0.4, -0.2) is 13.7 Å². The molecule has 0 saturated heterocycles. The highest BCUT2D eigenvalue weighted by molar-refractivity contribution is 5.30. The molecule has 0 atom stereocenters. The van der Waals surface area contributed by atoms with Crippen LogP contribution >= 0.6 is 0 Å². The summed E-state index contributed by atoms with van der Waals surface area (Å²) in [5.41, 5.74) is 1.04. The van der Waals surface area contributed by atoms with E-state index in [1.807, 2.05) is 0 Å². The molecule has 0 unspecified atom stereocenters. The second kappa shape index (κ2) is 5.60. The molecule has 0 saturated carbocycles. The minimum Gasteiger partial charge on any atom is -0.494 e. The highest BCUT2D eigenvalue weighted by atomic mass is 19.1. The van der Waals surface area contributed by atoms with Crippen LogP contribution in [0, 0.1) is 5.82 Å². The topological polar surface area (TPSA) is 21.3 Å². The molecule has 0 heterocycles. The van der Waals surface area contributed by atoms with Crippen molar-refractivity contribution in [2.45, 2.75) is 19.9 Å². The number of nitrogens with one attached hydrogen (secondary N) is 1. The average molecular weight is 197 g/mol. The third-order valence-corrected chi connectivity index (χ3v) is 1.97. The maximum Gasteiger partial charge on any atom is 0.165 e. The van der Waals surface area contributed by atoms with Gasteiger partial charge in [-0.25, -0.2) is 4.39 Å². The fourth-order valence-corrected chi connectivity index (χ4v) is 1.22. The first-order valence-electron chi connectivity index (χ1n) is 4.81. The lowest BCUT2D eigenvalue weighted by atomic mass is 10.2. The van der Waals surface area contributed by atoms with Crippen molar-refractivity contribution >= 4 is 0 Å². The Morgan fingerprint density at radius 2 is 2.21 bits per heavy atom. The normalized spacial score (nSPS) is 10.2. The molecule has 1 aromatic rings. The molecular formula is C11H16FNO. The number of methoxy groups -OCH3 is 1. The monoisotopic (exact) mass is 197 g/mol. The highest BCUT2D eigenvalue weighted by Gasteiger charge is 2.02. The SMILES string of the molecule is CCCNCc1ccc(F)c(OC)c1. The van der Waals surface area contributed by atoms with Crippen molar-refractivity contribution in [3.8, 4) is 5.75 Å². The number of rotatable bonds is 5. The van der Waals surface area contributed by atoms with Gasteiger partial charge in [-0.3, -0.25) is 0 Å². The van der Waals surface area contributed by atoms with Gasteiger partial charge >= 0.3 is 0 Å². The second-order valence-electron chi connectivity index (χ2n) is 3.15. The lowest BCUT2D eigenvalue weighted by Crippen LogP contribution is -2.13. The van der Waals surface area contributed by atoms with Crippen LogP contribution in [0.5, 0.6) is 5.75 Å². The van der Waals surface area contributed by atoms with E-state index in [0.29, 0.717) is 5.75 Å². The summed E-state index contributed by atoms with van der Waals surface area (Å²) in [5, 5.41) is 3.24. The Bertz CT molecular complexity index is 289. The van der Waals surface area contributed by atoms with E-state index in [0.717, 1.165) is 25.1 Å². The Labute approximate surface area is 84.1 Å². The summed E-state index contributed by atoms with van der Waals surface area (Å²) in [4.78, 5) is 0. The lowest BCUT2D eigenvalue weighted by Gasteiger charge is -2.06. The third-order valence-electron chi connectivity index (χ3n) is 1.97. The first kappa shape index (κ1) is 11.0. The molecule has 78 valence electrons. The molecule has 0 spiro atoms. The van der Waals surface area contributed by atoms with Gasteiger partial charge in [0.05, 0.1) is 7.11 Å². The van der Waals surface area contributed by atoms with E-state index in [2.05, 4.69) is 12.2 Å². The molecule has 0 aliphatic heterocycles. The van der Waals surface area contributed by atoms with Crippen LogP contribution in [0.15, 0.2) is 18.2 Å². The van der Waals surface area contributed by atoms with Gasteiger partial charge in [0.15, 0.2) is 11.6 Å². The van der Waals surface area contributed by atoms with Crippen molar-refractivity contribution in [1.29, 1.82) is 0 Å². The average Bonchev–Trinajstić information content (AvgIpc) is 2.21. The van der Waals surface area contributed by atoms with Gasteiger partial charge in [-0.05, 0) is 30.7 Å². The Balaban J connectivity index is 2.60. The summed E-state index contributed by atoms with van der Waals surface area (Å²) >= 11 is 0. The van der Waals surface area contributed by atoms with Crippen molar-refractivity contribution in [2.75, 3.05) is 13.7 Å². The fraction of sp³-hybridized carbons (Fsp3) is 0.455. The summed E-state index contributed by atoms with van der Waals surface area (Å²) in [7, 11) is 1.47. The highest BCUT2D eigenvalue weighted by Crippen LogP contribution is 2.17. The van der Waals surface area contributed by atoms with Gasteiger partial charge in [-0.1, -0.05) is 13.0 Å². The molecule has 1 N–H and O–H groups in total. The third kappa shape index (κ3) is 3.00. The molecule has 0 radical (unpaired) electrons. The number of hydrogen-bond acceptors (Lipinski definition) is 2. The van der Waals surface area contributed by atoms with Crippen molar-refractivity contribution in [1.82, 2.24) is 5.32 Å². The predicted octanol–water partition coefficient (Wildman–Crippen LogP) is 2.33. The maximum absolute atomic E-state index is 13.0. The molecule has 0 bridgehead atoms. The standard InChI is InChI=1S/C11H16FNO/c1-3-6-13-8-9-4-5-10(12)11(7-9)14-2/h4-5,7,13H,3,6,8H2,1-2H3. The molecule has 0 aromatic heterocycles. The zero-order chi connectivity index (χ0) is 10.4. The van der Waals surface area contributed by atoms with Gasteiger partial charge in [0.25, 0.3) is 0 Å². The molecule has 0 fully saturated rings. The Hall–Kier alpha value is -1.09. The lowest BCUT2D eigenvalue weighted by molar-refractivity contribution is 0.385. The Kier molecular flexibility index (Phi) is 4.40. The molecule has 0 amide bonds. The number of halogens is 1. The summed E-state index contributed by atoms with van der Waals surface area (Å²) in [5.74, 6) is -0.00691. The van der Waals surface area contributed by atoms with Crippen LogP contribution in [0.3, 0.4) is 0 Å². The van der Waals surface area contributed by atoms with Crippen molar-refractivity contribution in [2.24, 2.45) is 0 Å². The summed E-state index contributed by atoms with van der Waals surface area (Å²) < 4.78 is 17.9. The van der Waals surface area contributed by atoms with E-state index < -0.39 is 0 Å². The van der Waals surface area contributed by atoms with E-state index in [4.69, 9.17) is 4.74 Å². The van der Waals surface area contributed by atoms with Crippen molar-refractivity contribution in [3.63, 3.8) is 0 Å². The van der Waals surface area contributed by atoms with Crippen LogP contribution in [0.25, 0.3) is 0 Å². The Morgan fingerprint density at radius 3 is 2.86 bits per heavy atom. The minimum atomic E-state index is -0.313. The zero-order valence-electron chi connectivity index (χ0n) is 8.64. The summed E-state index contributed by atoms with van der Waals surface area (Å²) in [6.45, 7) is 3.84. The van der Waals surface area contributed by atoms with Crippen LogP contribution < -0.4 is 10.1 Å². The molecule has 2 nitrogen and oxygen atoms in total. The molecule has 3 heteroatoms. The van der Waals surface area contributed by atoms with Crippen molar-refractivity contribution < 1.29 is 9.13 Å². The van der Waals surface area contributed by atoms with Gasteiger partial charge in [-0.2, -0.15) is 0 Å². The maximum atomic E-state index is 13.0. The first-order chi connectivity index (χ1) is 6.77. The molecule has 1 aromatic carbocycles. The molecule has 14 heavy (non-hydrogen) atoms. The van der Waals surface area contributed by atoms with Gasteiger partial charge in [-0.15, -0.1) is 0 Å². The van der Waals surface area contributed by atoms with Crippen LogP contribution in [0.4, 0.5) is 4.39 Å². The fourth-order valence-electron chi connectivity index (χ4n) is 1.22. The van der Waals surface area contributed by atoms with Crippen LogP contribution in [-0.2, 0) is 6.54 Å². The van der Waals surface area contributed by atoms with Gasteiger partial charge in [0.1, 0.15) is 0 Å². The van der Waals surface area contributed by atoms with Gasteiger partial charge in [0, 0.05) is 6.54 Å². The van der Waals surface area contributed by atoms with E-state index in [1.165, 1.54) is 13.2 Å². The van der Waals surface area contributed by atoms with E-state index >= 15 is 0 Å². The second-order valence-corrected chi connectivity index (χ2v) is 3.15. The first-order valence-corrected chi connectivity index (χ1v) is 4.81. The predicted molar refractivity (Wildman–Crippen MR) is 54.9 cm³/mol.